The highest BCUT2D eigenvalue weighted by Gasteiger charge is 2.38. The van der Waals surface area contributed by atoms with E-state index in [9.17, 15) is 13.2 Å². The summed E-state index contributed by atoms with van der Waals surface area (Å²) < 4.78 is 22.1. The molecule has 1 amide bonds. The predicted molar refractivity (Wildman–Crippen MR) is 69.2 cm³/mol. The molecule has 18 heavy (non-hydrogen) atoms. The maximum Gasteiger partial charge on any atom is 0.235 e. The van der Waals surface area contributed by atoms with Crippen LogP contribution in [0.2, 0.25) is 0 Å². The summed E-state index contributed by atoms with van der Waals surface area (Å²) in [4.78, 5) is 13.5. The van der Waals surface area contributed by atoms with Crippen molar-refractivity contribution in [1.29, 1.82) is 0 Å². The highest BCUT2D eigenvalue weighted by atomic mass is 32.2. The zero-order chi connectivity index (χ0) is 14.6. The Balaban J connectivity index is 4.91. The molecule has 0 aromatic heterocycles. The van der Waals surface area contributed by atoms with E-state index in [1.807, 2.05) is 0 Å². The molecule has 3 N–H and O–H groups in total. The lowest BCUT2D eigenvalue weighted by Gasteiger charge is -2.30. The van der Waals surface area contributed by atoms with E-state index >= 15 is 0 Å². The van der Waals surface area contributed by atoms with Crippen molar-refractivity contribution in [2.45, 2.75) is 20.3 Å². The second-order valence-electron chi connectivity index (χ2n) is 4.53. The molecule has 1 unspecified atom stereocenters. The topological polar surface area (TPSA) is 113 Å². The van der Waals surface area contributed by atoms with Crippen LogP contribution in [0.15, 0.2) is 5.16 Å². The van der Waals surface area contributed by atoms with Gasteiger partial charge in [0.2, 0.25) is 5.91 Å². The Labute approximate surface area is 108 Å². The average molecular weight is 279 g/mol. The third-order valence-electron chi connectivity index (χ3n) is 3.00. The van der Waals surface area contributed by atoms with Crippen molar-refractivity contribution < 1.29 is 18.4 Å². The van der Waals surface area contributed by atoms with Gasteiger partial charge in [-0.15, -0.1) is 0 Å². The first-order valence-electron chi connectivity index (χ1n) is 5.49. The lowest BCUT2D eigenvalue weighted by molar-refractivity contribution is -0.136. The van der Waals surface area contributed by atoms with Crippen molar-refractivity contribution in [3.63, 3.8) is 0 Å². The standard InChI is InChI=1S/C10H21N3O4S/c1-5-10(2,8(11)12-15)9(14)13(3)6-7-18(4,16)17/h15H,5-7H2,1-4H3,(H2,11,12). The molecule has 0 spiro atoms. The predicted octanol–water partition coefficient (Wildman–Crippen LogP) is -0.348. The van der Waals surface area contributed by atoms with Gasteiger partial charge in [-0.1, -0.05) is 12.1 Å². The van der Waals surface area contributed by atoms with Crippen LogP contribution in [0.3, 0.4) is 0 Å². The van der Waals surface area contributed by atoms with E-state index in [0.29, 0.717) is 6.42 Å². The van der Waals surface area contributed by atoms with Gasteiger partial charge in [-0.25, -0.2) is 8.42 Å². The maximum atomic E-state index is 12.2. The fourth-order valence-corrected chi connectivity index (χ4v) is 1.98. The maximum absolute atomic E-state index is 12.2. The smallest absolute Gasteiger partial charge is 0.235 e. The zero-order valence-corrected chi connectivity index (χ0v) is 12.0. The Kier molecular flexibility index (Phi) is 5.59. The molecule has 0 aliphatic rings. The van der Waals surface area contributed by atoms with Gasteiger partial charge in [0.25, 0.3) is 0 Å². The number of carbonyl (C=O) groups excluding carboxylic acids is 1. The Morgan fingerprint density at radius 2 is 2.00 bits per heavy atom. The molecule has 0 saturated carbocycles. The van der Waals surface area contributed by atoms with E-state index in [0.717, 1.165) is 6.26 Å². The summed E-state index contributed by atoms with van der Waals surface area (Å²) in [6, 6.07) is 0. The lowest BCUT2D eigenvalue weighted by Crippen LogP contribution is -2.49. The molecule has 0 aliphatic carbocycles. The molecule has 0 aliphatic heterocycles. The molecule has 0 bridgehead atoms. The molecule has 1 atom stereocenters. The van der Waals surface area contributed by atoms with Gasteiger partial charge in [-0.05, 0) is 13.3 Å². The third kappa shape index (κ3) is 4.17. The first-order chi connectivity index (χ1) is 8.08. The second kappa shape index (κ2) is 6.03. The largest absolute Gasteiger partial charge is 0.409 e. The molecule has 0 aromatic carbocycles. The summed E-state index contributed by atoms with van der Waals surface area (Å²) in [5.74, 6) is -0.671. The van der Waals surface area contributed by atoms with Crippen LogP contribution in [-0.2, 0) is 14.6 Å². The van der Waals surface area contributed by atoms with Gasteiger partial charge in [0.15, 0.2) is 5.84 Å². The van der Waals surface area contributed by atoms with E-state index in [1.54, 1.807) is 13.8 Å². The van der Waals surface area contributed by atoms with Gasteiger partial charge in [0.05, 0.1) is 5.75 Å². The first kappa shape index (κ1) is 16.7. The van der Waals surface area contributed by atoms with E-state index in [2.05, 4.69) is 5.16 Å². The summed E-state index contributed by atoms with van der Waals surface area (Å²) in [6.45, 7) is 3.37. The van der Waals surface area contributed by atoms with E-state index in [1.165, 1.54) is 11.9 Å². The van der Waals surface area contributed by atoms with E-state index < -0.39 is 15.3 Å². The molecule has 0 fully saturated rings. The number of nitrogens with zero attached hydrogens (tertiary/aromatic N) is 2. The highest BCUT2D eigenvalue weighted by molar-refractivity contribution is 7.90. The summed E-state index contributed by atoms with van der Waals surface area (Å²) in [5, 5.41) is 11.6. The lowest BCUT2D eigenvalue weighted by atomic mass is 9.84. The molecule has 8 heteroatoms. The summed E-state index contributed by atoms with van der Waals surface area (Å²) in [5.41, 5.74) is 4.39. The molecule has 7 nitrogen and oxygen atoms in total. The number of amidine groups is 1. The monoisotopic (exact) mass is 279 g/mol. The Bertz CT molecular complexity index is 432. The van der Waals surface area contributed by atoms with Crippen molar-refractivity contribution in [3.05, 3.63) is 0 Å². The number of hydrogen-bond acceptors (Lipinski definition) is 5. The van der Waals surface area contributed by atoms with Crippen LogP contribution < -0.4 is 5.73 Å². The van der Waals surface area contributed by atoms with Gasteiger partial charge in [-0.3, -0.25) is 4.79 Å². The van der Waals surface area contributed by atoms with Crippen LogP contribution >= 0.6 is 0 Å². The molecule has 0 saturated heterocycles. The highest BCUT2D eigenvalue weighted by Crippen LogP contribution is 2.24. The number of hydrogen-bond donors (Lipinski definition) is 2. The van der Waals surface area contributed by atoms with Crippen LogP contribution in [-0.4, -0.2) is 55.9 Å². The molecule has 0 heterocycles. The van der Waals surface area contributed by atoms with Crippen molar-refractivity contribution in [3.8, 4) is 0 Å². The van der Waals surface area contributed by atoms with Crippen LogP contribution in [0.1, 0.15) is 20.3 Å². The van der Waals surface area contributed by atoms with Crippen LogP contribution in [0.5, 0.6) is 0 Å². The van der Waals surface area contributed by atoms with Crippen LogP contribution in [0.25, 0.3) is 0 Å². The third-order valence-corrected chi connectivity index (χ3v) is 3.92. The number of rotatable bonds is 6. The summed E-state index contributed by atoms with van der Waals surface area (Å²) >= 11 is 0. The minimum atomic E-state index is -3.14. The summed E-state index contributed by atoms with van der Waals surface area (Å²) in [7, 11) is -1.64. The molecule has 0 rings (SSSR count). The fraction of sp³-hybridized carbons (Fsp3) is 0.800. The van der Waals surface area contributed by atoms with Gasteiger partial charge >= 0.3 is 0 Å². The van der Waals surface area contributed by atoms with E-state index in [-0.39, 0.29) is 24.0 Å². The first-order valence-corrected chi connectivity index (χ1v) is 7.55. The van der Waals surface area contributed by atoms with Gasteiger partial charge in [0, 0.05) is 19.8 Å². The Hall–Kier alpha value is -1.31. The fourth-order valence-electron chi connectivity index (χ4n) is 1.38. The normalized spacial score (nSPS) is 16.1. The Morgan fingerprint density at radius 1 is 1.50 bits per heavy atom. The SMILES string of the molecule is CCC(C)(C(=O)N(C)CCS(C)(=O)=O)C(N)=NO. The quantitative estimate of drug-likeness (QED) is 0.299. The number of nitrogens with two attached hydrogens (primary N) is 1. The number of sulfone groups is 1. The minimum Gasteiger partial charge on any atom is -0.409 e. The van der Waals surface area contributed by atoms with Crippen molar-refractivity contribution in [1.82, 2.24) is 4.90 Å². The summed E-state index contributed by atoms with van der Waals surface area (Å²) in [6.07, 6.45) is 1.46. The van der Waals surface area contributed by atoms with Gasteiger partial charge < -0.3 is 15.8 Å². The van der Waals surface area contributed by atoms with Crippen molar-refractivity contribution >= 4 is 21.6 Å². The number of carbonyl (C=O) groups is 1. The van der Waals surface area contributed by atoms with Gasteiger partial charge in [0.1, 0.15) is 15.3 Å². The molecule has 106 valence electrons. The number of amides is 1. The van der Waals surface area contributed by atoms with Crippen LogP contribution in [0, 0.1) is 5.41 Å². The van der Waals surface area contributed by atoms with Crippen LogP contribution in [0.4, 0.5) is 0 Å². The molecule has 0 aromatic rings. The molecular formula is C10H21N3O4S. The van der Waals surface area contributed by atoms with E-state index in [4.69, 9.17) is 10.9 Å². The molecular weight excluding hydrogens is 258 g/mol. The second-order valence-corrected chi connectivity index (χ2v) is 6.79. The number of oxime groups is 1. The Morgan fingerprint density at radius 3 is 2.33 bits per heavy atom. The van der Waals surface area contributed by atoms with Crippen molar-refractivity contribution in [2.24, 2.45) is 16.3 Å². The zero-order valence-electron chi connectivity index (χ0n) is 11.2. The average Bonchev–Trinajstić information content (AvgIpc) is 2.31. The van der Waals surface area contributed by atoms with Gasteiger partial charge in [-0.2, -0.15) is 0 Å². The molecule has 0 radical (unpaired) electrons. The minimum absolute atomic E-state index is 0.0754. The van der Waals surface area contributed by atoms with Crippen molar-refractivity contribution in [2.75, 3.05) is 25.6 Å².